The summed E-state index contributed by atoms with van der Waals surface area (Å²) in [5, 5.41) is 0. The molecule has 5 heteroatoms. The number of nitrogens with zero attached hydrogens (tertiary/aromatic N) is 3. The van der Waals surface area contributed by atoms with Gasteiger partial charge in [0.05, 0.1) is 23.2 Å². The second-order valence-corrected chi connectivity index (χ2v) is 10.9. The quantitative estimate of drug-likeness (QED) is 0.364. The molecule has 182 valence electrons. The molecular weight excluding hydrogens is 450 g/mol. The van der Waals surface area contributed by atoms with Crippen molar-refractivity contribution in [2.24, 2.45) is 0 Å². The van der Waals surface area contributed by atoms with Crippen molar-refractivity contribution >= 4 is 28.8 Å². The highest BCUT2D eigenvalue weighted by molar-refractivity contribution is 7.99. The Morgan fingerprint density at radius 2 is 1.29 bits per heavy atom. The van der Waals surface area contributed by atoms with Crippen LogP contribution in [0, 0.1) is 0 Å². The largest absolute Gasteiger partial charge is 0.488 e. The zero-order chi connectivity index (χ0) is 23.5. The second kappa shape index (κ2) is 10.5. The van der Waals surface area contributed by atoms with Gasteiger partial charge >= 0.3 is 0 Å². The van der Waals surface area contributed by atoms with E-state index in [1.165, 1.54) is 52.5 Å². The highest BCUT2D eigenvalue weighted by Gasteiger charge is 2.24. The van der Waals surface area contributed by atoms with Gasteiger partial charge in [0.1, 0.15) is 5.75 Å². The molecule has 0 bridgehead atoms. The van der Waals surface area contributed by atoms with E-state index in [1.54, 1.807) is 0 Å². The maximum absolute atomic E-state index is 6.41. The molecule has 0 unspecified atom stereocenters. The van der Waals surface area contributed by atoms with Gasteiger partial charge in [0, 0.05) is 42.5 Å². The van der Waals surface area contributed by atoms with Gasteiger partial charge in [-0.1, -0.05) is 48.2 Å². The molecule has 3 aromatic rings. The van der Waals surface area contributed by atoms with E-state index >= 15 is 0 Å². The summed E-state index contributed by atoms with van der Waals surface area (Å²) < 4.78 is 6.41. The summed E-state index contributed by atoms with van der Waals surface area (Å²) in [4.78, 5) is 10.4. The SMILES string of the molecule is c1ccc(N2CCN(CCCN3c4ccccc4Sc4ccccc43)CC2)c(OC2CCCC2)c1. The highest BCUT2D eigenvalue weighted by atomic mass is 32.2. The van der Waals surface area contributed by atoms with E-state index in [-0.39, 0.29) is 0 Å². The summed E-state index contributed by atoms with van der Waals surface area (Å²) in [5.74, 6) is 1.08. The van der Waals surface area contributed by atoms with Crippen LogP contribution in [-0.2, 0) is 0 Å². The standard InChI is InChI=1S/C30H35N3OS/c1-2-11-24(10-1)34-28-15-6-3-12-25(28)32-22-20-31(21-23-32)18-9-19-33-26-13-4-7-16-29(26)35-30-17-8-5-14-27(30)33/h3-8,12-17,24H,1-2,9-11,18-23H2. The second-order valence-electron chi connectivity index (χ2n) is 9.86. The first-order valence-electron chi connectivity index (χ1n) is 13.2. The number of para-hydroxylation sites is 4. The summed E-state index contributed by atoms with van der Waals surface area (Å²) in [6.07, 6.45) is 6.58. The number of ether oxygens (including phenoxy) is 1. The van der Waals surface area contributed by atoms with Gasteiger partial charge in [0.2, 0.25) is 0 Å². The predicted octanol–water partition coefficient (Wildman–Crippen LogP) is 6.82. The topological polar surface area (TPSA) is 19.0 Å². The van der Waals surface area contributed by atoms with E-state index in [0.29, 0.717) is 6.10 Å². The summed E-state index contributed by atoms with van der Waals surface area (Å²) >= 11 is 1.89. The number of benzene rings is 3. The Hall–Kier alpha value is -2.63. The van der Waals surface area contributed by atoms with Crippen LogP contribution in [0.2, 0.25) is 0 Å². The van der Waals surface area contributed by atoms with Crippen LogP contribution in [0.4, 0.5) is 17.1 Å². The van der Waals surface area contributed by atoms with Gasteiger partial charge in [-0.25, -0.2) is 0 Å². The third-order valence-electron chi connectivity index (χ3n) is 7.56. The lowest BCUT2D eigenvalue weighted by molar-refractivity contribution is 0.209. The molecule has 1 saturated heterocycles. The number of anilines is 3. The van der Waals surface area contributed by atoms with Crippen molar-refractivity contribution in [2.75, 3.05) is 49.1 Å². The van der Waals surface area contributed by atoms with Crippen molar-refractivity contribution in [2.45, 2.75) is 48.0 Å². The lowest BCUT2D eigenvalue weighted by Gasteiger charge is -2.38. The van der Waals surface area contributed by atoms with Crippen molar-refractivity contribution in [1.82, 2.24) is 4.90 Å². The third kappa shape index (κ3) is 5.03. The zero-order valence-electron chi connectivity index (χ0n) is 20.4. The smallest absolute Gasteiger partial charge is 0.143 e. The maximum Gasteiger partial charge on any atom is 0.143 e. The van der Waals surface area contributed by atoms with Crippen molar-refractivity contribution in [3.05, 3.63) is 72.8 Å². The average Bonchev–Trinajstić information content (AvgIpc) is 3.42. The lowest BCUT2D eigenvalue weighted by Crippen LogP contribution is -2.47. The van der Waals surface area contributed by atoms with Crippen LogP contribution in [0.1, 0.15) is 32.1 Å². The maximum atomic E-state index is 6.41. The highest BCUT2D eigenvalue weighted by Crippen LogP contribution is 2.47. The molecule has 3 aromatic carbocycles. The van der Waals surface area contributed by atoms with Gasteiger partial charge in [-0.2, -0.15) is 0 Å². The molecule has 0 atom stereocenters. The molecule has 2 aliphatic heterocycles. The van der Waals surface area contributed by atoms with E-state index in [4.69, 9.17) is 4.74 Å². The number of fused-ring (bicyclic) bond motifs is 2. The third-order valence-corrected chi connectivity index (χ3v) is 8.69. The molecule has 6 rings (SSSR count). The van der Waals surface area contributed by atoms with Gasteiger partial charge in [-0.05, 0) is 75.0 Å². The Morgan fingerprint density at radius 3 is 1.97 bits per heavy atom. The Kier molecular flexibility index (Phi) is 6.88. The molecule has 0 spiro atoms. The molecule has 2 heterocycles. The van der Waals surface area contributed by atoms with Gasteiger partial charge in [-0.15, -0.1) is 0 Å². The minimum Gasteiger partial charge on any atom is -0.488 e. The molecule has 2 fully saturated rings. The number of hydrogen-bond acceptors (Lipinski definition) is 5. The van der Waals surface area contributed by atoms with E-state index in [1.807, 2.05) is 11.8 Å². The average molecular weight is 486 g/mol. The van der Waals surface area contributed by atoms with Crippen LogP contribution in [0.25, 0.3) is 0 Å². The Balaban J connectivity index is 1.05. The normalized spacial score (nSPS) is 18.4. The van der Waals surface area contributed by atoms with Crippen LogP contribution in [0.5, 0.6) is 5.75 Å². The fourth-order valence-electron chi connectivity index (χ4n) is 5.69. The van der Waals surface area contributed by atoms with Crippen LogP contribution < -0.4 is 14.5 Å². The zero-order valence-corrected chi connectivity index (χ0v) is 21.3. The Morgan fingerprint density at radius 1 is 0.686 bits per heavy atom. The first-order valence-corrected chi connectivity index (χ1v) is 14.0. The van der Waals surface area contributed by atoms with Crippen molar-refractivity contribution in [1.29, 1.82) is 0 Å². The molecule has 0 radical (unpaired) electrons. The van der Waals surface area contributed by atoms with Crippen LogP contribution >= 0.6 is 11.8 Å². The predicted molar refractivity (Wildman–Crippen MR) is 147 cm³/mol. The van der Waals surface area contributed by atoms with E-state index < -0.39 is 0 Å². The number of hydrogen-bond donors (Lipinski definition) is 0. The summed E-state index contributed by atoms with van der Waals surface area (Å²) in [6, 6.07) is 26.3. The van der Waals surface area contributed by atoms with Gasteiger partial charge in [0.15, 0.2) is 0 Å². The Labute approximate surface area is 213 Å². The summed E-state index contributed by atoms with van der Waals surface area (Å²) in [6.45, 7) is 6.55. The number of piperazine rings is 1. The molecule has 1 aliphatic carbocycles. The van der Waals surface area contributed by atoms with Gasteiger partial charge in [0.25, 0.3) is 0 Å². The molecule has 4 nitrogen and oxygen atoms in total. The molecule has 35 heavy (non-hydrogen) atoms. The molecule has 0 amide bonds. The minimum atomic E-state index is 0.404. The number of rotatable bonds is 7. The van der Waals surface area contributed by atoms with E-state index in [2.05, 4.69) is 87.5 Å². The molecular formula is C30H35N3OS. The van der Waals surface area contributed by atoms with Crippen LogP contribution in [0.15, 0.2) is 82.6 Å². The van der Waals surface area contributed by atoms with E-state index in [0.717, 1.165) is 51.4 Å². The molecule has 0 aromatic heterocycles. The van der Waals surface area contributed by atoms with Gasteiger partial charge < -0.3 is 14.5 Å². The van der Waals surface area contributed by atoms with Crippen LogP contribution in [-0.4, -0.2) is 50.3 Å². The summed E-state index contributed by atoms with van der Waals surface area (Å²) in [5.41, 5.74) is 3.97. The van der Waals surface area contributed by atoms with Crippen molar-refractivity contribution in [3.8, 4) is 5.75 Å². The van der Waals surface area contributed by atoms with Gasteiger partial charge in [-0.3, -0.25) is 4.90 Å². The van der Waals surface area contributed by atoms with Crippen molar-refractivity contribution in [3.63, 3.8) is 0 Å². The lowest BCUT2D eigenvalue weighted by atomic mass is 10.2. The molecule has 1 saturated carbocycles. The fourth-order valence-corrected chi connectivity index (χ4v) is 6.79. The summed E-state index contributed by atoms with van der Waals surface area (Å²) in [7, 11) is 0. The molecule has 0 N–H and O–H groups in total. The minimum absolute atomic E-state index is 0.404. The van der Waals surface area contributed by atoms with E-state index in [9.17, 15) is 0 Å². The first-order chi connectivity index (χ1) is 17.3. The monoisotopic (exact) mass is 485 g/mol. The fraction of sp³-hybridized carbons (Fsp3) is 0.400. The molecule has 3 aliphatic rings. The first kappa shape index (κ1) is 22.8. The van der Waals surface area contributed by atoms with Crippen LogP contribution in [0.3, 0.4) is 0 Å². The van der Waals surface area contributed by atoms with Crippen molar-refractivity contribution < 1.29 is 4.74 Å². The Bertz CT molecular complexity index is 1090.